The van der Waals surface area contributed by atoms with Crippen LogP contribution >= 0.6 is 11.8 Å². The monoisotopic (exact) mass is 289 g/mol. The third-order valence-corrected chi connectivity index (χ3v) is 3.45. The number of ether oxygens (including phenoxy) is 1. The maximum atomic E-state index is 11.7. The molecular weight excluding hydrogens is 274 g/mol. The molecule has 0 amide bonds. The lowest BCUT2D eigenvalue weighted by molar-refractivity contribution is 0.0526. The number of benzene rings is 1. The van der Waals surface area contributed by atoms with E-state index in [4.69, 9.17) is 10.5 Å². The summed E-state index contributed by atoms with van der Waals surface area (Å²) in [6.07, 6.45) is 1.69. The van der Waals surface area contributed by atoms with Gasteiger partial charge in [0.2, 0.25) is 0 Å². The van der Waals surface area contributed by atoms with Gasteiger partial charge in [-0.15, -0.1) is 0 Å². The van der Waals surface area contributed by atoms with E-state index in [0.29, 0.717) is 23.0 Å². The normalized spacial score (nSPS) is 10.3. The van der Waals surface area contributed by atoms with Gasteiger partial charge in [-0.1, -0.05) is 0 Å². The Morgan fingerprint density at radius 1 is 1.40 bits per heavy atom. The number of hydrogen-bond acceptors (Lipinski definition) is 6. The van der Waals surface area contributed by atoms with E-state index in [1.807, 2.05) is 13.0 Å². The summed E-state index contributed by atoms with van der Waals surface area (Å²) in [7, 11) is 0. The van der Waals surface area contributed by atoms with Gasteiger partial charge < -0.3 is 10.5 Å². The van der Waals surface area contributed by atoms with Crippen molar-refractivity contribution in [2.45, 2.75) is 23.9 Å². The van der Waals surface area contributed by atoms with E-state index in [0.717, 1.165) is 10.6 Å². The number of hydrogen-bond donors (Lipinski definition) is 1. The first-order valence-electron chi connectivity index (χ1n) is 6.14. The van der Waals surface area contributed by atoms with E-state index >= 15 is 0 Å². The SMILES string of the molecule is CCOC(=O)c1ccc(N)c(Sc2nccc(C)n2)c1. The average molecular weight is 289 g/mol. The summed E-state index contributed by atoms with van der Waals surface area (Å²) in [4.78, 5) is 20.9. The molecule has 1 aromatic carbocycles. The average Bonchev–Trinajstić information content (AvgIpc) is 2.41. The fourth-order valence-electron chi connectivity index (χ4n) is 1.54. The fourth-order valence-corrected chi connectivity index (χ4v) is 2.41. The van der Waals surface area contributed by atoms with Crippen LogP contribution in [-0.2, 0) is 4.74 Å². The lowest BCUT2D eigenvalue weighted by Gasteiger charge is -2.07. The van der Waals surface area contributed by atoms with Crippen molar-refractivity contribution in [1.82, 2.24) is 9.97 Å². The maximum absolute atomic E-state index is 11.7. The summed E-state index contributed by atoms with van der Waals surface area (Å²) in [6, 6.07) is 6.85. The number of esters is 1. The predicted molar refractivity (Wildman–Crippen MR) is 77.7 cm³/mol. The lowest BCUT2D eigenvalue weighted by Crippen LogP contribution is -2.05. The first-order chi connectivity index (χ1) is 9.60. The Morgan fingerprint density at radius 3 is 2.90 bits per heavy atom. The topological polar surface area (TPSA) is 78.1 Å². The van der Waals surface area contributed by atoms with Crippen LogP contribution in [0.2, 0.25) is 0 Å². The smallest absolute Gasteiger partial charge is 0.338 e. The maximum Gasteiger partial charge on any atom is 0.338 e. The lowest BCUT2D eigenvalue weighted by atomic mass is 10.2. The second-order valence-electron chi connectivity index (χ2n) is 4.06. The minimum absolute atomic E-state index is 0.340. The molecule has 0 aliphatic carbocycles. The first-order valence-corrected chi connectivity index (χ1v) is 6.96. The highest BCUT2D eigenvalue weighted by Gasteiger charge is 2.11. The number of carbonyl (C=O) groups excluding carboxylic acids is 1. The van der Waals surface area contributed by atoms with Gasteiger partial charge in [0.15, 0.2) is 5.16 Å². The molecule has 2 rings (SSSR count). The molecule has 20 heavy (non-hydrogen) atoms. The number of nitrogens with two attached hydrogens (primary N) is 1. The highest BCUT2D eigenvalue weighted by molar-refractivity contribution is 7.99. The molecule has 0 atom stereocenters. The molecule has 0 saturated heterocycles. The van der Waals surface area contributed by atoms with Gasteiger partial charge in [-0.2, -0.15) is 0 Å². The van der Waals surface area contributed by atoms with Crippen LogP contribution in [0.3, 0.4) is 0 Å². The number of carbonyl (C=O) groups is 1. The van der Waals surface area contributed by atoms with Crippen molar-refractivity contribution in [3.8, 4) is 0 Å². The quantitative estimate of drug-likeness (QED) is 0.529. The third kappa shape index (κ3) is 3.48. The van der Waals surface area contributed by atoms with Gasteiger partial charge >= 0.3 is 5.97 Å². The van der Waals surface area contributed by atoms with E-state index in [9.17, 15) is 4.79 Å². The molecule has 2 N–H and O–H groups in total. The van der Waals surface area contributed by atoms with E-state index in [1.165, 1.54) is 11.8 Å². The Kier molecular flexibility index (Phi) is 4.57. The largest absolute Gasteiger partial charge is 0.462 e. The van der Waals surface area contributed by atoms with Crippen LogP contribution in [-0.4, -0.2) is 22.5 Å². The predicted octanol–water partition coefficient (Wildman–Crippen LogP) is 2.70. The third-order valence-electron chi connectivity index (χ3n) is 2.50. The molecule has 5 nitrogen and oxygen atoms in total. The van der Waals surface area contributed by atoms with Crippen LogP contribution in [0.15, 0.2) is 40.5 Å². The zero-order chi connectivity index (χ0) is 14.5. The minimum Gasteiger partial charge on any atom is -0.462 e. The highest BCUT2D eigenvalue weighted by Crippen LogP contribution is 2.30. The molecular formula is C14H15N3O2S. The number of anilines is 1. The highest BCUT2D eigenvalue weighted by atomic mass is 32.2. The van der Waals surface area contributed by atoms with Gasteiger partial charge in [0, 0.05) is 22.5 Å². The van der Waals surface area contributed by atoms with Crippen LogP contribution in [0.5, 0.6) is 0 Å². The molecule has 6 heteroatoms. The van der Waals surface area contributed by atoms with E-state index < -0.39 is 0 Å². The number of rotatable bonds is 4. The van der Waals surface area contributed by atoms with Crippen molar-refractivity contribution < 1.29 is 9.53 Å². The Labute approximate surface area is 121 Å². The molecule has 0 bridgehead atoms. The second-order valence-corrected chi connectivity index (χ2v) is 5.06. The van der Waals surface area contributed by atoms with Gasteiger partial charge in [0.1, 0.15) is 0 Å². The molecule has 0 saturated carbocycles. The van der Waals surface area contributed by atoms with Crippen molar-refractivity contribution in [3.63, 3.8) is 0 Å². The Balaban J connectivity index is 2.27. The zero-order valence-corrected chi connectivity index (χ0v) is 12.1. The summed E-state index contributed by atoms with van der Waals surface area (Å²) in [5.41, 5.74) is 7.84. The molecule has 0 radical (unpaired) electrons. The fraction of sp³-hybridized carbons (Fsp3) is 0.214. The van der Waals surface area contributed by atoms with Gasteiger partial charge in [-0.25, -0.2) is 14.8 Å². The van der Waals surface area contributed by atoms with E-state index in [-0.39, 0.29) is 5.97 Å². The molecule has 1 aromatic heterocycles. The summed E-state index contributed by atoms with van der Waals surface area (Å²) in [6.45, 7) is 4.00. The second kappa shape index (κ2) is 6.38. The summed E-state index contributed by atoms with van der Waals surface area (Å²) < 4.78 is 4.97. The molecule has 0 spiro atoms. The van der Waals surface area contributed by atoms with Crippen molar-refractivity contribution >= 4 is 23.4 Å². The van der Waals surface area contributed by atoms with Crippen molar-refractivity contribution in [3.05, 3.63) is 41.7 Å². The van der Waals surface area contributed by atoms with Gasteiger partial charge in [0.05, 0.1) is 12.2 Å². The van der Waals surface area contributed by atoms with Gasteiger partial charge in [-0.3, -0.25) is 0 Å². The summed E-state index contributed by atoms with van der Waals surface area (Å²) >= 11 is 1.32. The van der Waals surface area contributed by atoms with Gasteiger partial charge in [0.25, 0.3) is 0 Å². The molecule has 0 aliphatic heterocycles. The van der Waals surface area contributed by atoms with Crippen LogP contribution in [0.1, 0.15) is 23.0 Å². The van der Waals surface area contributed by atoms with Crippen LogP contribution < -0.4 is 5.73 Å². The number of aryl methyl sites for hydroxylation is 1. The Hall–Kier alpha value is -2.08. The van der Waals surface area contributed by atoms with E-state index in [1.54, 1.807) is 31.3 Å². The standard InChI is InChI=1S/C14H15N3O2S/c1-3-19-13(18)10-4-5-11(15)12(8-10)20-14-16-7-6-9(2)17-14/h4-8H,3,15H2,1-2H3. The Morgan fingerprint density at radius 2 is 2.20 bits per heavy atom. The van der Waals surface area contributed by atoms with Gasteiger partial charge in [-0.05, 0) is 49.9 Å². The Bertz CT molecular complexity index is 632. The summed E-state index contributed by atoms with van der Waals surface area (Å²) in [5.74, 6) is -0.362. The van der Waals surface area contributed by atoms with Crippen molar-refractivity contribution in [2.24, 2.45) is 0 Å². The number of nitrogens with zero attached hydrogens (tertiary/aromatic N) is 2. The first kappa shape index (κ1) is 14.3. The van der Waals surface area contributed by atoms with Crippen molar-refractivity contribution in [2.75, 3.05) is 12.3 Å². The molecule has 1 heterocycles. The molecule has 104 valence electrons. The van der Waals surface area contributed by atoms with Crippen LogP contribution in [0, 0.1) is 6.92 Å². The molecule has 0 fully saturated rings. The number of aromatic nitrogens is 2. The number of nitrogen functional groups attached to an aromatic ring is 1. The van der Waals surface area contributed by atoms with E-state index in [2.05, 4.69) is 9.97 Å². The van der Waals surface area contributed by atoms with Crippen molar-refractivity contribution in [1.29, 1.82) is 0 Å². The molecule has 0 unspecified atom stereocenters. The molecule has 2 aromatic rings. The minimum atomic E-state index is -0.362. The molecule has 0 aliphatic rings. The summed E-state index contributed by atoms with van der Waals surface area (Å²) in [5, 5.41) is 0.595. The van der Waals surface area contributed by atoms with Crippen LogP contribution in [0.4, 0.5) is 5.69 Å². The van der Waals surface area contributed by atoms with Crippen LogP contribution in [0.25, 0.3) is 0 Å². The zero-order valence-electron chi connectivity index (χ0n) is 11.3.